The number of aliphatic hydroxyl groups is 2. The standard InChI is InChI=1S/2C3H6Cl2.2C3H7ClO.C3H6O.C2H4.6CH4.2Ca.2ClH.2H2O/c4*1-3(5)2-4;1-3-2-4-3;1-2;;;;;;;;;;;;/h2*3H,2H2,1H3;2*3,5H,2H2,1H3;3H,2H2,1H3;1-2H2;6*1H4;;;2*1H;2*1H2/q;;;;;;;;;;;;2*+2;;;;/p-4. The fraction of sp³-hybridized carbons (Fsp3) is 0.913. The van der Waals surface area contributed by atoms with E-state index in [1.807, 2.05) is 13.8 Å². The van der Waals surface area contributed by atoms with Crippen LogP contribution in [0.4, 0.5) is 0 Å². The molecule has 38 heavy (non-hydrogen) atoms. The Morgan fingerprint density at radius 1 is 0.658 bits per heavy atom. The summed E-state index contributed by atoms with van der Waals surface area (Å²) in [6.07, 6.45) is -0.117. The van der Waals surface area contributed by atoms with Crippen LogP contribution in [0.5, 0.6) is 0 Å². The fourth-order valence-electron chi connectivity index (χ4n) is 0.0962. The predicted octanol–water partition coefficient (Wildman–Crippen LogP) is 2.83. The second-order valence-electron chi connectivity index (χ2n) is 5.02. The van der Waals surface area contributed by atoms with Crippen LogP contribution in [-0.4, -0.2) is 156 Å². The molecule has 0 saturated carbocycles. The van der Waals surface area contributed by atoms with Gasteiger partial charge < -0.3 is 50.7 Å². The number of alkyl halides is 6. The third-order valence-corrected chi connectivity index (χ3v) is 3.82. The molecule has 15 heteroatoms. The van der Waals surface area contributed by atoms with Crippen molar-refractivity contribution in [1.29, 1.82) is 0 Å². The van der Waals surface area contributed by atoms with E-state index in [1.54, 1.807) is 13.8 Å². The molecule has 0 bridgehead atoms. The molecule has 1 rings (SSSR count). The minimum Gasteiger partial charge on any atom is -1.00 e. The van der Waals surface area contributed by atoms with Gasteiger partial charge in [-0.2, -0.15) is 0 Å². The molecule has 0 aromatic rings. The van der Waals surface area contributed by atoms with E-state index in [0.29, 0.717) is 29.6 Å². The van der Waals surface area contributed by atoms with Gasteiger partial charge in [-0.1, -0.05) is 44.6 Å². The van der Waals surface area contributed by atoms with Crippen molar-refractivity contribution in [3.8, 4) is 0 Å². The van der Waals surface area contributed by atoms with Crippen LogP contribution < -0.4 is 24.8 Å². The zero-order valence-electron chi connectivity index (χ0n) is 19.5. The predicted molar refractivity (Wildman–Crippen MR) is 179 cm³/mol. The number of halogens is 8. The van der Waals surface area contributed by atoms with Crippen molar-refractivity contribution in [3.63, 3.8) is 0 Å². The van der Waals surface area contributed by atoms with E-state index in [2.05, 4.69) is 20.1 Å². The Morgan fingerprint density at radius 3 is 0.737 bits per heavy atom. The normalized spacial score (nSPS) is 12.2. The molecule has 0 aromatic heterocycles. The summed E-state index contributed by atoms with van der Waals surface area (Å²) in [6, 6.07) is 0. The summed E-state index contributed by atoms with van der Waals surface area (Å²) >= 11 is 31.2. The number of hydrogen-bond donors (Lipinski definition) is 2. The molecule has 1 saturated heterocycles. The van der Waals surface area contributed by atoms with Gasteiger partial charge in [0.05, 0.1) is 24.9 Å². The maximum atomic E-state index is 8.23. The van der Waals surface area contributed by atoms with Crippen molar-refractivity contribution >= 4 is 145 Å². The molecule has 0 aliphatic carbocycles. The van der Waals surface area contributed by atoms with Crippen LogP contribution in [0.15, 0.2) is 13.2 Å². The molecule has 1 aliphatic rings. The molecule has 0 spiro atoms. The van der Waals surface area contributed by atoms with Gasteiger partial charge in [0.1, 0.15) is 0 Å². The van der Waals surface area contributed by atoms with Crippen LogP contribution in [0.25, 0.3) is 0 Å². The van der Waals surface area contributed by atoms with Crippen molar-refractivity contribution in [2.75, 3.05) is 30.1 Å². The van der Waals surface area contributed by atoms with Crippen LogP contribution >= 0.6 is 69.6 Å². The SMILES string of the molecule is C.C.C.C.C.C.C=C.CC(Cl)CCl.CC(Cl)CCl.CC(O)CCl.CC(O)CCl.CC1CO1.[Ca+2].[Ca+2].[Cl-].[Cl-].[OH-].[OH-]. The number of epoxide rings is 1. The minimum atomic E-state index is -0.350. The van der Waals surface area contributed by atoms with Crippen LogP contribution in [0.1, 0.15) is 79.2 Å². The van der Waals surface area contributed by atoms with Crippen molar-refractivity contribution in [2.45, 2.75) is 108 Å². The smallest absolute Gasteiger partial charge is 1.00 e. The Kier molecular flexibility index (Phi) is 311. The first-order chi connectivity index (χ1) is 12.0. The van der Waals surface area contributed by atoms with Gasteiger partial charge in [0.2, 0.25) is 0 Å². The van der Waals surface area contributed by atoms with Crippen molar-refractivity contribution < 1.29 is 50.7 Å². The van der Waals surface area contributed by atoms with Gasteiger partial charge >= 0.3 is 75.5 Å². The van der Waals surface area contributed by atoms with E-state index < -0.39 is 0 Å². The maximum Gasteiger partial charge on any atom is 2.00 e. The quantitative estimate of drug-likeness (QED) is 0.197. The molecular formula is C23H62Ca2Cl8O5. The first-order valence-electron chi connectivity index (χ1n) is 7.97. The Hall–Kier alpha value is 4.38. The molecule has 5 nitrogen and oxygen atoms in total. The van der Waals surface area contributed by atoms with Crippen LogP contribution in [0, 0.1) is 0 Å². The van der Waals surface area contributed by atoms with Gasteiger partial charge in [0.15, 0.2) is 0 Å². The molecule has 244 valence electrons. The number of ether oxygens (including phenoxy) is 1. The zero-order valence-corrected chi connectivity index (χ0v) is 29.9. The number of hydrogen-bond acceptors (Lipinski definition) is 5. The van der Waals surface area contributed by atoms with Crippen LogP contribution in [-0.2, 0) is 4.74 Å². The molecule has 1 fully saturated rings. The number of aliphatic hydroxyl groups excluding tert-OH is 2. The Bertz CT molecular complexity index is 210. The van der Waals surface area contributed by atoms with Gasteiger partial charge in [-0.05, 0) is 34.6 Å². The summed E-state index contributed by atoms with van der Waals surface area (Å²) in [5, 5.41) is 16.7. The molecule has 4 N–H and O–H groups in total. The van der Waals surface area contributed by atoms with Crippen molar-refractivity contribution in [1.82, 2.24) is 0 Å². The second-order valence-corrected chi connectivity index (χ2v) is 7.75. The van der Waals surface area contributed by atoms with Crippen LogP contribution in [0.3, 0.4) is 0 Å². The Morgan fingerprint density at radius 2 is 0.737 bits per heavy atom. The van der Waals surface area contributed by atoms with Crippen molar-refractivity contribution in [3.05, 3.63) is 13.2 Å². The van der Waals surface area contributed by atoms with E-state index in [-0.39, 0.29) is 179 Å². The van der Waals surface area contributed by atoms with Gasteiger partial charge in [-0.3, -0.25) is 0 Å². The average molecular weight is 783 g/mol. The fourth-order valence-corrected chi connectivity index (χ4v) is 0.0962. The third-order valence-electron chi connectivity index (χ3n) is 1.37. The van der Waals surface area contributed by atoms with Gasteiger partial charge in [0.25, 0.3) is 0 Å². The van der Waals surface area contributed by atoms with Gasteiger partial charge in [0, 0.05) is 34.3 Å². The molecular weight excluding hydrogens is 720 g/mol. The first kappa shape index (κ1) is 113. The first-order valence-corrected chi connectivity index (χ1v) is 11.0. The second kappa shape index (κ2) is 105. The monoisotopic (exact) mass is 778 g/mol. The molecule has 0 aromatic carbocycles. The summed E-state index contributed by atoms with van der Waals surface area (Å²) in [6.45, 7) is 16.0. The minimum absolute atomic E-state index is 0. The summed E-state index contributed by atoms with van der Waals surface area (Å²) in [5.41, 5.74) is 0. The molecule has 0 radical (unpaired) electrons. The van der Waals surface area contributed by atoms with E-state index in [9.17, 15) is 0 Å². The maximum absolute atomic E-state index is 8.23. The average Bonchev–Trinajstić information content (AvgIpc) is 3.40. The largest absolute Gasteiger partial charge is 2.00 e. The van der Waals surface area contributed by atoms with E-state index in [1.165, 1.54) is 0 Å². The van der Waals surface area contributed by atoms with Gasteiger partial charge in [-0.15, -0.1) is 82.8 Å². The molecule has 5 unspecified atom stereocenters. The summed E-state index contributed by atoms with van der Waals surface area (Å²) in [4.78, 5) is 0. The summed E-state index contributed by atoms with van der Waals surface area (Å²) in [7, 11) is 0. The van der Waals surface area contributed by atoms with Crippen molar-refractivity contribution in [2.24, 2.45) is 0 Å². The van der Waals surface area contributed by atoms with E-state index in [0.717, 1.165) is 6.61 Å². The summed E-state index contributed by atoms with van der Waals surface area (Å²) < 4.78 is 4.71. The van der Waals surface area contributed by atoms with E-state index in [4.69, 9.17) is 84.6 Å². The Balaban J connectivity index is -0.00000000882. The van der Waals surface area contributed by atoms with E-state index >= 15 is 0 Å². The van der Waals surface area contributed by atoms with Crippen LogP contribution in [0.2, 0.25) is 0 Å². The zero-order chi connectivity index (χ0) is 22.1. The van der Waals surface area contributed by atoms with Gasteiger partial charge in [-0.25, -0.2) is 0 Å². The topological polar surface area (TPSA) is 113 Å². The molecule has 0 amide bonds. The third kappa shape index (κ3) is 265. The summed E-state index contributed by atoms with van der Waals surface area (Å²) in [5.74, 6) is 1.75. The molecule has 5 atom stereocenters. The molecule has 1 heterocycles. The number of rotatable bonds is 4. The Labute approximate surface area is 342 Å². The molecule has 1 aliphatic heterocycles.